The van der Waals surface area contributed by atoms with Crippen LogP contribution in [0.5, 0.6) is 0 Å². The number of rotatable bonds is 3. The summed E-state index contributed by atoms with van der Waals surface area (Å²) in [5.41, 5.74) is 0.233. The average Bonchev–Trinajstić information content (AvgIpc) is 3.09. The summed E-state index contributed by atoms with van der Waals surface area (Å²) in [4.78, 5) is 8.64. The smallest absolute Gasteiger partial charge is 0.107 e. The Morgan fingerprint density at radius 2 is 2.00 bits per heavy atom. The highest BCUT2D eigenvalue weighted by atomic mass is 35.5. The van der Waals surface area contributed by atoms with E-state index in [1.54, 1.807) is 0 Å². The van der Waals surface area contributed by atoms with E-state index in [-0.39, 0.29) is 17.8 Å². The number of aromatic nitrogens is 1. The first-order valence-electron chi connectivity index (χ1n) is 8.43. The topological polar surface area (TPSA) is 28.2 Å². The molecule has 1 aromatic heterocycles. The van der Waals surface area contributed by atoms with Crippen molar-refractivity contribution in [2.75, 3.05) is 19.6 Å². The molecule has 0 aromatic carbocycles. The maximum atomic E-state index is 4.64. The molecule has 0 spiro atoms. The van der Waals surface area contributed by atoms with Gasteiger partial charge in [0.25, 0.3) is 0 Å². The Hall–Kier alpha value is -0.160. The number of piperidine rings is 1. The number of hydrogen-bond donors (Lipinski definition) is 1. The van der Waals surface area contributed by atoms with E-state index in [2.05, 4.69) is 42.2 Å². The first-order valence-corrected chi connectivity index (χ1v) is 9.25. The van der Waals surface area contributed by atoms with Crippen LogP contribution in [0.1, 0.15) is 56.3 Å². The molecule has 0 saturated carbocycles. The summed E-state index contributed by atoms with van der Waals surface area (Å²) in [7, 11) is 0. The lowest BCUT2D eigenvalue weighted by atomic mass is 9.88. The van der Waals surface area contributed by atoms with Gasteiger partial charge in [0.1, 0.15) is 5.01 Å². The maximum absolute atomic E-state index is 4.64. The van der Waals surface area contributed by atoms with Gasteiger partial charge in [-0.15, -0.1) is 23.7 Å². The number of hydrogen-bond acceptors (Lipinski definition) is 4. The van der Waals surface area contributed by atoms with Gasteiger partial charge in [0.05, 0.1) is 6.54 Å². The molecule has 0 amide bonds. The number of nitrogens with zero attached hydrogens (tertiary/aromatic N) is 2. The van der Waals surface area contributed by atoms with Crippen molar-refractivity contribution in [2.45, 2.75) is 64.5 Å². The zero-order chi connectivity index (χ0) is 14.9. The molecule has 2 saturated heterocycles. The second kappa shape index (κ2) is 7.61. The lowest BCUT2D eigenvalue weighted by Crippen LogP contribution is -2.40. The molecule has 2 aliphatic rings. The highest BCUT2D eigenvalue weighted by Gasteiger charge is 2.28. The summed E-state index contributed by atoms with van der Waals surface area (Å²) in [6.07, 6.45) is 7.56. The predicted molar refractivity (Wildman–Crippen MR) is 97.1 cm³/mol. The normalized spacial score (nSPS) is 24.4. The van der Waals surface area contributed by atoms with Crippen molar-refractivity contribution >= 4 is 23.7 Å². The highest BCUT2D eigenvalue weighted by molar-refractivity contribution is 7.11. The third kappa shape index (κ3) is 4.44. The molecule has 0 aliphatic carbocycles. The van der Waals surface area contributed by atoms with Crippen molar-refractivity contribution in [3.63, 3.8) is 0 Å². The zero-order valence-electron chi connectivity index (χ0n) is 14.1. The van der Waals surface area contributed by atoms with Crippen molar-refractivity contribution < 1.29 is 0 Å². The molecule has 0 radical (unpaired) electrons. The van der Waals surface area contributed by atoms with E-state index >= 15 is 0 Å². The molecule has 3 rings (SSSR count). The van der Waals surface area contributed by atoms with Crippen LogP contribution in [0.3, 0.4) is 0 Å². The third-order valence-electron chi connectivity index (χ3n) is 4.95. The molecule has 1 N–H and O–H groups in total. The van der Waals surface area contributed by atoms with Crippen molar-refractivity contribution in [2.24, 2.45) is 5.92 Å². The quantitative estimate of drug-likeness (QED) is 0.904. The van der Waals surface area contributed by atoms with E-state index in [0.29, 0.717) is 0 Å². The Morgan fingerprint density at radius 3 is 2.55 bits per heavy atom. The van der Waals surface area contributed by atoms with Crippen LogP contribution in [0.4, 0.5) is 0 Å². The highest BCUT2D eigenvalue weighted by Crippen LogP contribution is 2.30. The fraction of sp³-hybridized carbons (Fsp3) is 0.824. The molecule has 2 fully saturated rings. The lowest BCUT2D eigenvalue weighted by molar-refractivity contribution is 0.157. The Labute approximate surface area is 145 Å². The molecule has 5 heteroatoms. The van der Waals surface area contributed by atoms with Gasteiger partial charge in [-0.3, -0.25) is 4.90 Å². The van der Waals surface area contributed by atoms with Gasteiger partial charge in [0.2, 0.25) is 0 Å². The minimum atomic E-state index is 0. The second-order valence-corrected chi connectivity index (χ2v) is 8.80. The van der Waals surface area contributed by atoms with Crippen molar-refractivity contribution in [1.29, 1.82) is 0 Å². The molecule has 1 unspecified atom stereocenters. The molecule has 3 heterocycles. The number of halogens is 1. The molecule has 0 bridgehead atoms. The van der Waals surface area contributed by atoms with Crippen LogP contribution >= 0.6 is 23.7 Å². The molecular formula is C17H30ClN3S. The van der Waals surface area contributed by atoms with E-state index in [9.17, 15) is 0 Å². The van der Waals surface area contributed by atoms with Crippen LogP contribution in [0.15, 0.2) is 6.20 Å². The Balaban J connectivity index is 0.00000176. The molecule has 1 atom stereocenters. The van der Waals surface area contributed by atoms with Gasteiger partial charge in [0, 0.05) is 17.1 Å². The monoisotopic (exact) mass is 343 g/mol. The standard InChI is InChI=1S/C17H29N3S.ClH/c1-17(2,3)15-11-19-16(21-15)12-20-9-6-13(7-10-20)14-5-4-8-18-14;/h11,13-14,18H,4-10,12H2,1-3H3;1H. The van der Waals surface area contributed by atoms with Crippen LogP contribution in [0, 0.1) is 5.92 Å². The van der Waals surface area contributed by atoms with Gasteiger partial charge in [-0.25, -0.2) is 4.98 Å². The summed E-state index contributed by atoms with van der Waals surface area (Å²) in [6.45, 7) is 11.6. The van der Waals surface area contributed by atoms with Gasteiger partial charge < -0.3 is 5.32 Å². The van der Waals surface area contributed by atoms with E-state index in [1.165, 1.54) is 55.2 Å². The molecular weight excluding hydrogens is 314 g/mol. The Bertz CT molecular complexity index is 455. The van der Waals surface area contributed by atoms with Gasteiger partial charge in [0.15, 0.2) is 0 Å². The SMILES string of the molecule is CC(C)(C)c1cnc(CN2CCC(C3CCCN3)CC2)s1.Cl. The van der Waals surface area contributed by atoms with E-state index in [4.69, 9.17) is 0 Å². The number of thiazole rings is 1. The fourth-order valence-electron chi connectivity index (χ4n) is 3.55. The first-order chi connectivity index (χ1) is 10.0. The van der Waals surface area contributed by atoms with Gasteiger partial charge in [-0.2, -0.15) is 0 Å². The van der Waals surface area contributed by atoms with Crippen molar-refractivity contribution in [1.82, 2.24) is 15.2 Å². The van der Waals surface area contributed by atoms with Crippen LogP contribution in [-0.2, 0) is 12.0 Å². The summed E-state index contributed by atoms with van der Waals surface area (Å²) in [5.74, 6) is 0.908. The van der Waals surface area contributed by atoms with Crippen LogP contribution in [-0.4, -0.2) is 35.6 Å². The van der Waals surface area contributed by atoms with Crippen LogP contribution in [0.2, 0.25) is 0 Å². The minimum absolute atomic E-state index is 0. The second-order valence-electron chi connectivity index (χ2n) is 7.68. The van der Waals surface area contributed by atoms with E-state index in [0.717, 1.165) is 18.5 Å². The zero-order valence-corrected chi connectivity index (χ0v) is 15.7. The van der Waals surface area contributed by atoms with Crippen LogP contribution < -0.4 is 5.32 Å². The predicted octanol–water partition coefficient (Wildman–Crippen LogP) is 3.83. The first kappa shape index (κ1) is 18.2. The minimum Gasteiger partial charge on any atom is -0.314 e. The number of likely N-dealkylation sites (tertiary alicyclic amines) is 1. The third-order valence-corrected chi connectivity index (χ3v) is 6.36. The van der Waals surface area contributed by atoms with E-state index < -0.39 is 0 Å². The molecule has 1 aromatic rings. The molecule has 126 valence electrons. The number of nitrogens with one attached hydrogen (secondary N) is 1. The summed E-state index contributed by atoms with van der Waals surface area (Å²) >= 11 is 1.89. The molecule has 3 nitrogen and oxygen atoms in total. The summed E-state index contributed by atoms with van der Waals surface area (Å²) < 4.78 is 0. The van der Waals surface area contributed by atoms with Gasteiger partial charge in [-0.05, 0) is 56.7 Å². The largest absolute Gasteiger partial charge is 0.314 e. The summed E-state index contributed by atoms with van der Waals surface area (Å²) in [5, 5.41) is 4.97. The maximum Gasteiger partial charge on any atom is 0.107 e. The molecule has 2 aliphatic heterocycles. The Kier molecular flexibility index (Phi) is 6.29. The van der Waals surface area contributed by atoms with Gasteiger partial charge >= 0.3 is 0 Å². The van der Waals surface area contributed by atoms with Crippen molar-refractivity contribution in [3.8, 4) is 0 Å². The molecule has 22 heavy (non-hydrogen) atoms. The van der Waals surface area contributed by atoms with E-state index in [1.807, 2.05) is 11.3 Å². The van der Waals surface area contributed by atoms with Crippen molar-refractivity contribution in [3.05, 3.63) is 16.1 Å². The Morgan fingerprint density at radius 1 is 1.27 bits per heavy atom. The average molecular weight is 344 g/mol. The van der Waals surface area contributed by atoms with Gasteiger partial charge in [-0.1, -0.05) is 20.8 Å². The summed E-state index contributed by atoms with van der Waals surface area (Å²) in [6, 6.07) is 0.805. The fourth-order valence-corrected chi connectivity index (χ4v) is 4.57. The lowest BCUT2D eigenvalue weighted by Gasteiger charge is -2.34. The van der Waals surface area contributed by atoms with Crippen LogP contribution in [0.25, 0.3) is 0 Å².